The molecule has 0 aliphatic heterocycles. The number of benzene rings is 2. The van der Waals surface area contributed by atoms with Crippen molar-refractivity contribution in [3.05, 3.63) is 57.6 Å². The standard InChI is InChI=1S/C15H7Cl2F3N2OS/c16-8-4-7(5-9(17)6-8)13(23)22-14-21-11-3-1-2-10(12(11)24-14)15(18,19)20/h1-6H,(H,21,22,23). The van der Waals surface area contributed by atoms with E-state index in [-0.39, 0.29) is 31.0 Å². The minimum absolute atomic E-state index is 0.0376. The Kier molecular flexibility index (Phi) is 4.42. The topological polar surface area (TPSA) is 42.0 Å². The number of carbonyl (C=O) groups excluding carboxylic acids is 1. The molecule has 3 nitrogen and oxygen atoms in total. The van der Waals surface area contributed by atoms with Crippen LogP contribution in [0.5, 0.6) is 0 Å². The van der Waals surface area contributed by atoms with Gasteiger partial charge in [-0.25, -0.2) is 4.98 Å². The number of amides is 1. The molecule has 0 aliphatic carbocycles. The summed E-state index contributed by atoms with van der Waals surface area (Å²) in [6.07, 6.45) is -4.49. The molecular weight excluding hydrogens is 384 g/mol. The Balaban J connectivity index is 1.95. The first-order chi connectivity index (χ1) is 11.2. The summed E-state index contributed by atoms with van der Waals surface area (Å²) >= 11 is 12.4. The summed E-state index contributed by atoms with van der Waals surface area (Å²) in [5.74, 6) is -0.563. The van der Waals surface area contributed by atoms with Crippen molar-refractivity contribution in [2.45, 2.75) is 6.18 Å². The maximum Gasteiger partial charge on any atom is 0.417 e. The lowest BCUT2D eigenvalue weighted by Crippen LogP contribution is -2.11. The Morgan fingerprint density at radius 2 is 1.79 bits per heavy atom. The van der Waals surface area contributed by atoms with Crippen molar-refractivity contribution in [1.82, 2.24) is 4.98 Å². The summed E-state index contributed by atoms with van der Waals surface area (Å²) in [6, 6.07) is 7.96. The van der Waals surface area contributed by atoms with E-state index < -0.39 is 17.6 Å². The number of nitrogens with one attached hydrogen (secondary N) is 1. The highest BCUT2D eigenvalue weighted by Crippen LogP contribution is 2.38. The van der Waals surface area contributed by atoms with Gasteiger partial charge in [0.1, 0.15) is 0 Å². The lowest BCUT2D eigenvalue weighted by Gasteiger charge is -2.06. The van der Waals surface area contributed by atoms with E-state index in [9.17, 15) is 18.0 Å². The minimum atomic E-state index is -4.49. The second-order valence-electron chi connectivity index (χ2n) is 4.78. The van der Waals surface area contributed by atoms with Crippen molar-refractivity contribution in [2.24, 2.45) is 0 Å². The van der Waals surface area contributed by atoms with E-state index in [4.69, 9.17) is 23.2 Å². The third kappa shape index (κ3) is 3.48. The highest BCUT2D eigenvalue weighted by molar-refractivity contribution is 7.22. The van der Waals surface area contributed by atoms with Gasteiger partial charge in [-0.1, -0.05) is 40.6 Å². The lowest BCUT2D eigenvalue weighted by molar-refractivity contribution is -0.136. The predicted molar refractivity (Wildman–Crippen MR) is 89.0 cm³/mol. The molecule has 3 rings (SSSR count). The van der Waals surface area contributed by atoms with E-state index in [1.165, 1.54) is 30.3 Å². The first-order valence-electron chi connectivity index (χ1n) is 6.48. The number of carbonyl (C=O) groups is 1. The van der Waals surface area contributed by atoms with Crippen molar-refractivity contribution >= 4 is 55.8 Å². The fourth-order valence-corrected chi connectivity index (χ4v) is 3.60. The van der Waals surface area contributed by atoms with Crippen LogP contribution in [0, 0.1) is 0 Å². The van der Waals surface area contributed by atoms with Crippen LogP contribution < -0.4 is 5.32 Å². The number of hydrogen-bond acceptors (Lipinski definition) is 3. The third-order valence-corrected chi connectivity index (χ3v) is 4.52. The van der Waals surface area contributed by atoms with Gasteiger partial charge in [-0.3, -0.25) is 10.1 Å². The van der Waals surface area contributed by atoms with Gasteiger partial charge >= 0.3 is 6.18 Å². The van der Waals surface area contributed by atoms with Gasteiger partial charge in [0.15, 0.2) is 5.13 Å². The van der Waals surface area contributed by atoms with Crippen molar-refractivity contribution < 1.29 is 18.0 Å². The monoisotopic (exact) mass is 390 g/mol. The van der Waals surface area contributed by atoms with Crippen molar-refractivity contribution in [3.63, 3.8) is 0 Å². The summed E-state index contributed by atoms with van der Waals surface area (Å²) in [5.41, 5.74) is -0.444. The van der Waals surface area contributed by atoms with Crippen molar-refractivity contribution in [2.75, 3.05) is 5.32 Å². The van der Waals surface area contributed by atoms with Gasteiger partial charge in [-0.05, 0) is 30.3 Å². The Bertz CT molecular complexity index is 920. The number of aromatic nitrogens is 1. The number of anilines is 1. The molecule has 0 bridgehead atoms. The molecule has 0 saturated carbocycles. The summed E-state index contributed by atoms with van der Waals surface area (Å²) in [6.45, 7) is 0. The van der Waals surface area contributed by atoms with Crippen molar-refractivity contribution in [1.29, 1.82) is 0 Å². The zero-order valence-electron chi connectivity index (χ0n) is 11.6. The maximum atomic E-state index is 13.0. The van der Waals surface area contributed by atoms with Gasteiger partial charge < -0.3 is 0 Å². The second-order valence-corrected chi connectivity index (χ2v) is 6.65. The summed E-state index contributed by atoms with van der Waals surface area (Å²) in [5, 5.41) is 3.07. The lowest BCUT2D eigenvalue weighted by atomic mass is 10.2. The summed E-state index contributed by atoms with van der Waals surface area (Å²) in [7, 11) is 0. The third-order valence-electron chi connectivity index (χ3n) is 3.07. The highest BCUT2D eigenvalue weighted by atomic mass is 35.5. The van der Waals surface area contributed by atoms with E-state index >= 15 is 0 Å². The Labute approximate surface area is 148 Å². The Hall–Kier alpha value is -1.83. The number of nitrogens with zero attached hydrogens (tertiary/aromatic N) is 1. The van der Waals surface area contributed by atoms with Crippen LogP contribution in [0.25, 0.3) is 10.2 Å². The van der Waals surface area contributed by atoms with Gasteiger partial charge in [0, 0.05) is 15.6 Å². The number of alkyl halides is 3. The Morgan fingerprint density at radius 3 is 2.42 bits per heavy atom. The average molecular weight is 391 g/mol. The van der Waals surface area contributed by atoms with E-state index in [1.54, 1.807) is 0 Å². The number of fused-ring (bicyclic) bond motifs is 1. The zero-order valence-corrected chi connectivity index (χ0v) is 13.9. The van der Waals surface area contributed by atoms with Gasteiger partial charge in [0.2, 0.25) is 0 Å². The average Bonchev–Trinajstić information content (AvgIpc) is 2.86. The quantitative estimate of drug-likeness (QED) is 0.593. The van der Waals surface area contributed by atoms with E-state index in [0.717, 1.165) is 17.4 Å². The molecule has 0 fully saturated rings. The van der Waals surface area contributed by atoms with Crippen molar-refractivity contribution in [3.8, 4) is 0 Å². The van der Waals surface area contributed by atoms with Crippen LogP contribution in [0.2, 0.25) is 10.0 Å². The largest absolute Gasteiger partial charge is 0.417 e. The van der Waals surface area contributed by atoms with Gasteiger partial charge in [-0.15, -0.1) is 0 Å². The molecule has 1 aromatic heterocycles. The first kappa shape index (κ1) is 17.0. The molecule has 1 amide bonds. The molecule has 9 heteroatoms. The molecule has 0 aliphatic rings. The van der Waals surface area contributed by atoms with Crippen LogP contribution in [0.15, 0.2) is 36.4 Å². The molecule has 0 unspecified atom stereocenters. The molecule has 0 radical (unpaired) electrons. The van der Waals surface area contributed by atoms with Gasteiger partial charge in [0.05, 0.1) is 15.8 Å². The van der Waals surface area contributed by atoms with E-state index in [1.807, 2.05) is 0 Å². The normalized spacial score (nSPS) is 11.7. The smallest absolute Gasteiger partial charge is 0.298 e. The molecule has 1 N–H and O–H groups in total. The minimum Gasteiger partial charge on any atom is -0.298 e. The van der Waals surface area contributed by atoms with Gasteiger partial charge in [0.25, 0.3) is 5.91 Å². The van der Waals surface area contributed by atoms with E-state index in [2.05, 4.69) is 10.3 Å². The van der Waals surface area contributed by atoms with Crippen LogP contribution in [-0.2, 0) is 6.18 Å². The predicted octanol–water partition coefficient (Wildman–Crippen LogP) is 5.87. The zero-order chi connectivity index (χ0) is 17.5. The fraction of sp³-hybridized carbons (Fsp3) is 0.0667. The van der Waals surface area contributed by atoms with Crippen LogP contribution in [0.3, 0.4) is 0 Å². The van der Waals surface area contributed by atoms with Crippen LogP contribution >= 0.6 is 34.5 Å². The molecule has 124 valence electrons. The molecule has 0 spiro atoms. The van der Waals surface area contributed by atoms with Gasteiger partial charge in [-0.2, -0.15) is 13.2 Å². The molecular formula is C15H7Cl2F3N2OS. The second kappa shape index (κ2) is 6.23. The fourth-order valence-electron chi connectivity index (χ4n) is 2.08. The molecule has 1 heterocycles. The maximum absolute atomic E-state index is 13.0. The summed E-state index contributed by atoms with van der Waals surface area (Å²) in [4.78, 5) is 16.2. The number of thiazole rings is 1. The van der Waals surface area contributed by atoms with Crippen LogP contribution in [-0.4, -0.2) is 10.9 Å². The molecule has 2 aromatic carbocycles. The van der Waals surface area contributed by atoms with Crippen LogP contribution in [0.1, 0.15) is 15.9 Å². The number of rotatable bonds is 2. The number of halogens is 5. The highest BCUT2D eigenvalue weighted by Gasteiger charge is 2.33. The first-order valence-corrected chi connectivity index (χ1v) is 8.05. The van der Waals surface area contributed by atoms with Crippen LogP contribution in [0.4, 0.5) is 18.3 Å². The number of hydrogen-bond donors (Lipinski definition) is 1. The SMILES string of the molecule is O=C(Nc1nc2cccc(C(F)(F)F)c2s1)c1cc(Cl)cc(Cl)c1. The van der Waals surface area contributed by atoms with E-state index in [0.29, 0.717) is 0 Å². The molecule has 24 heavy (non-hydrogen) atoms. The molecule has 0 saturated heterocycles. The summed E-state index contributed by atoms with van der Waals surface area (Å²) < 4.78 is 39.0. The molecule has 0 atom stereocenters. The molecule has 3 aromatic rings. The Morgan fingerprint density at radius 1 is 1.12 bits per heavy atom.